The van der Waals surface area contributed by atoms with E-state index in [1.54, 1.807) is 14.2 Å². The van der Waals surface area contributed by atoms with E-state index < -0.39 is 0 Å². The van der Waals surface area contributed by atoms with Gasteiger partial charge in [-0.1, -0.05) is 42.5 Å². The largest absolute Gasteiger partial charge is 0.497 e. The Kier molecular flexibility index (Phi) is 6.57. The summed E-state index contributed by atoms with van der Waals surface area (Å²) in [7, 11) is 3.39. The standard InChI is InChI=1S/C30H31N3O2/c1-22-30(24-11-15-27(35-3)16-12-24)28(23-9-13-26(34-2)14-10-23)21-29(31-22)33-19-17-32(18-20-33)25-7-5-4-6-8-25/h4-16,21H,17-20H2,1-3H3. The molecule has 0 amide bonds. The van der Waals surface area contributed by atoms with Gasteiger partial charge in [-0.2, -0.15) is 0 Å². The molecule has 0 atom stereocenters. The van der Waals surface area contributed by atoms with Gasteiger partial charge in [0.15, 0.2) is 0 Å². The molecule has 35 heavy (non-hydrogen) atoms. The first-order valence-corrected chi connectivity index (χ1v) is 12.0. The molecular weight excluding hydrogens is 434 g/mol. The Morgan fingerprint density at radius 2 is 1.20 bits per heavy atom. The van der Waals surface area contributed by atoms with Gasteiger partial charge in [0.05, 0.1) is 14.2 Å². The smallest absolute Gasteiger partial charge is 0.129 e. The summed E-state index contributed by atoms with van der Waals surface area (Å²) in [6, 6.07) is 29.4. The van der Waals surface area contributed by atoms with E-state index in [0.29, 0.717) is 0 Å². The zero-order valence-corrected chi connectivity index (χ0v) is 20.6. The molecule has 1 aliphatic heterocycles. The SMILES string of the molecule is COc1ccc(-c2cc(N3CCN(c4ccccc4)CC3)nc(C)c2-c2ccc(OC)cc2)cc1. The number of hydrogen-bond acceptors (Lipinski definition) is 5. The highest BCUT2D eigenvalue weighted by Gasteiger charge is 2.21. The van der Waals surface area contributed by atoms with Crippen molar-refractivity contribution in [3.63, 3.8) is 0 Å². The van der Waals surface area contributed by atoms with Gasteiger partial charge in [-0.05, 0) is 66.1 Å². The summed E-state index contributed by atoms with van der Waals surface area (Å²) in [4.78, 5) is 9.93. The lowest BCUT2D eigenvalue weighted by Crippen LogP contribution is -2.46. The first-order chi connectivity index (χ1) is 17.2. The number of hydrogen-bond donors (Lipinski definition) is 0. The molecule has 0 radical (unpaired) electrons. The van der Waals surface area contributed by atoms with E-state index in [9.17, 15) is 0 Å². The molecule has 0 aliphatic carbocycles. The third-order valence-electron chi connectivity index (χ3n) is 6.69. The molecule has 5 heteroatoms. The summed E-state index contributed by atoms with van der Waals surface area (Å²) < 4.78 is 10.8. The fraction of sp³-hybridized carbons (Fsp3) is 0.233. The summed E-state index contributed by atoms with van der Waals surface area (Å²) in [5.41, 5.74) is 6.89. The van der Waals surface area contributed by atoms with Crippen molar-refractivity contribution >= 4 is 11.5 Å². The number of ether oxygens (including phenoxy) is 2. The predicted molar refractivity (Wildman–Crippen MR) is 144 cm³/mol. The third-order valence-corrected chi connectivity index (χ3v) is 6.69. The van der Waals surface area contributed by atoms with Gasteiger partial charge in [0.1, 0.15) is 17.3 Å². The minimum atomic E-state index is 0.846. The second kappa shape index (κ2) is 10.1. The predicted octanol–water partition coefficient (Wildman–Crippen LogP) is 6.07. The molecule has 3 aromatic carbocycles. The van der Waals surface area contributed by atoms with Crippen LogP contribution in [0, 0.1) is 6.92 Å². The number of pyridine rings is 1. The summed E-state index contributed by atoms with van der Waals surface area (Å²) in [5, 5.41) is 0. The van der Waals surface area contributed by atoms with E-state index in [1.807, 2.05) is 24.3 Å². The Bertz CT molecular complexity index is 1260. The molecule has 1 aliphatic rings. The molecule has 0 spiro atoms. The van der Waals surface area contributed by atoms with E-state index in [4.69, 9.17) is 14.5 Å². The molecule has 0 unspecified atom stereocenters. The van der Waals surface area contributed by atoms with Crippen molar-refractivity contribution in [1.82, 2.24) is 4.98 Å². The van der Waals surface area contributed by atoms with Crippen LogP contribution in [0.15, 0.2) is 84.9 Å². The lowest BCUT2D eigenvalue weighted by Gasteiger charge is -2.37. The first kappa shape index (κ1) is 22.8. The molecule has 0 bridgehead atoms. The molecular formula is C30H31N3O2. The molecule has 2 heterocycles. The highest BCUT2D eigenvalue weighted by atomic mass is 16.5. The highest BCUT2D eigenvalue weighted by molar-refractivity contribution is 5.87. The van der Waals surface area contributed by atoms with Crippen LogP contribution in [-0.2, 0) is 0 Å². The van der Waals surface area contributed by atoms with Gasteiger partial charge in [-0.3, -0.25) is 0 Å². The lowest BCUT2D eigenvalue weighted by molar-refractivity contribution is 0.414. The second-order valence-electron chi connectivity index (χ2n) is 8.76. The monoisotopic (exact) mass is 465 g/mol. The molecule has 0 saturated carbocycles. The van der Waals surface area contributed by atoms with Crippen molar-refractivity contribution < 1.29 is 9.47 Å². The normalized spacial score (nSPS) is 13.6. The fourth-order valence-corrected chi connectivity index (χ4v) is 4.77. The van der Waals surface area contributed by atoms with E-state index in [2.05, 4.69) is 77.4 Å². The van der Waals surface area contributed by atoms with Gasteiger partial charge in [-0.25, -0.2) is 4.98 Å². The molecule has 1 fully saturated rings. The van der Waals surface area contributed by atoms with Crippen LogP contribution in [0.1, 0.15) is 5.69 Å². The maximum Gasteiger partial charge on any atom is 0.129 e. The number of piperazine rings is 1. The summed E-state index contributed by atoms with van der Waals surface area (Å²) in [6.07, 6.45) is 0. The molecule has 1 aromatic heterocycles. The van der Waals surface area contributed by atoms with Crippen molar-refractivity contribution in [1.29, 1.82) is 0 Å². The van der Waals surface area contributed by atoms with Crippen molar-refractivity contribution in [3.05, 3.63) is 90.6 Å². The number of benzene rings is 3. The average molecular weight is 466 g/mol. The van der Waals surface area contributed by atoms with Crippen LogP contribution in [0.4, 0.5) is 11.5 Å². The number of nitrogens with zero attached hydrogens (tertiary/aromatic N) is 3. The summed E-state index contributed by atoms with van der Waals surface area (Å²) in [6.45, 7) is 5.93. The third kappa shape index (κ3) is 4.80. The Balaban J connectivity index is 1.50. The van der Waals surface area contributed by atoms with E-state index >= 15 is 0 Å². The molecule has 5 rings (SSSR count). The van der Waals surface area contributed by atoms with Crippen molar-refractivity contribution in [2.75, 3.05) is 50.2 Å². The zero-order chi connectivity index (χ0) is 24.2. The minimum absolute atomic E-state index is 0.846. The van der Waals surface area contributed by atoms with Crippen LogP contribution in [0.2, 0.25) is 0 Å². The van der Waals surface area contributed by atoms with Crippen LogP contribution in [-0.4, -0.2) is 45.4 Å². The van der Waals surface area contributed by atoms with E-state index in [1.165, 1.54) is 11.3 Å². The molecule has 4 aromatic rings. The van der Waals surface area contributed by atoms with Crippen LogP contribution in [0.5, 0.6) is 11.5 Å². The minimum Gasteiger partial charge on any atom is -0.497 e. The molecule has 1 saturated heterocycles. The van der Waals surface area contributed by atoms with Crippen molar-refractivity contribution in [2.24, 2.45) is 0 Å². The molecule has 178 valence electrons. The van der Waals surface area contributed by atoms with Crippen LogP contribution >= 0.6 is 0 Å². The quantitative estimate of drug-likeness (QED) is 0.346. The van der Waals surface area contributed by atoms with E-state index in [0.717, 1.165) is 65.9 Å². The van der Waals surface area contributed by atoms with Gasteiger partial charge < -0.3 is 19.3 Å². The van der Waals surface area contributed by atoms with E-state index in [-0.39, 0.29) is 0 Å². The van der Waals surface area contributed by atoms with Gasteiger partial charge >= 0.3 is 0 Å². The fourth-order valence-electron chi connectivity index (χ4n) is 4.77. The maximum absolute atomic E-state index is 5.40. The number of anilines is 2. The van der Waals surface area contributed by atoms with Crippen molar-refractivity contribution in [3.8, 4) is 33.8 Å². The van der Waals surface area contributed by atoms with Crippen molar-refractivity contribution in [2.45, 2.75) is 6.92 Å². The van der Waals surface area contributed by atoms with Gasteiger partial charge in [-0.15, -0.1) is 0 Å². The summed E-state index contributed by atoms with van der Waals surface area (Å²) in [5.74, 6) is 2.72. The number of aryl methyl sites for hydroxylation is 1. The Morgan fingerprint density at radius 1 is 0.657 bits per heavy atom. The average Bonchev–Trinajstić information content (AvgIpc) is 2.93. The zero-order valence-electron chi connectivity index (χ0n) is 20.6. The second-order valence-corrected chi connectivity index (χ2v) is 8.76. The highest BCUT2D eigenvalue weighted by Crippen LogP contribution is 2.38. The van der Waals surface area contributed by atoms with Crippen LogP contribution < -0.4 is 19.3 Å². The number of aromatic nitrogens is 1. The number of methoxy groups -OCH3 is 2. The molecule has 0 N–H and O–H groups in total. The van der Waals surface area contributed by atoms with Gasteiger partial charge in [0.2, 0.25) is 0 Å². The Hall–Kier alpha value is -3.99. The van der Waals surface area contributed by atoms with Crippen LogP contribution in [0.25, 0.3) is 22.3 Å². The van der Waals surface area contributed by atoms with Crippen LogP contribution in [0.3, 0.4) is 0 Å². The lowest BCUT2D eigenvalue weighted by atomic mass is 9.93. The topological polar surface area (TPSA) is 37.8 Å². The Labute approximate surface area is 207 Å². The number of para-hydroxylation sites is 1. The molecule has 5 nitrogen and oxygen atoms in total. The maximum atomic E-state index is 5.40. The van der Waals surface area contributed by atoms with Gasteiger partial charge in [0.25, 0.3) is 0 Å². The number of rotatable bonds is 6. The summed E-state index contributed by atoms with van der Waals surface area (Å²) >= 11 is 0. The first-order valence-electron chi connectivity index (χ1n) is 12.0. The van der Waals surface area contributed by atoms with Gasteiger partial charge in [0, 0.05) is 43.1 Å². The Morgan fingerprint density at radius 3 is 1.77 bits per heavy atom.